The van der Waals surface area contributed by atoms with E-state index in [1.807, 2.05) is 0 Å². The van der Waals surface area contributed by atoms with Gasteiger partial charge in [-0.2, -0.15) is 12.6 Å². The molecule has 0 aliphatic carbocycles. The van der Waals surface area contributed by atoms with Crippen LogP contribution < -0.4 is 0 Å². The molecule has 6 heteroatoms. The topological polar surface area (TPSA) is 65.0 Å². The van der Waals surface area contributed by atoms with E-state index in [2.05, 4.69) is 17.4 Å². The summed E-state index contributed by atoms with van der Waals surface area (Å²) in [5.41, 5.74) is 0. The molecule has 0 atom stereocenters. The SMILES string of the molecule is O=C(CCOCOCCS)OCCO. The molecule has 0 aromatic heterocycles. The van der Waals surface area contributed by atoms with Crippen LogP contribution in [0.15, 0.2) is 0 Å². The first-order valence-electron chi connectivity index (χ1n) is 4.34. The summed E-state index contributed by atoms with van der Waals surface area (Å²) >= 11 is 3.94. The molecule has 0 saturated carbocycles. The van der Waals surface area contributed by atoms with Gasteiger partial charge in [0.1, 0.15) is 13.4 Å². The first-order valence-corrected chi connectivity index (χ1v) is 4.97. The smallest absolute Gasteiger partial charge is 0.308 e. The highest BCUT2D eigenvalue weighted by atomic mass is 32.1. The zero-order chi connectivity index (χ0) is 10.6. The van der Waals surface area contributed by atoms with Crippen LogP contribution >= 0.6 is 12.6 Å². The Morgan fingerprint density at radius 2 is 1.93 bits per heavy atom. The molecule has 14 heavy (non-hydrogen) atoms. The first kappa shape index (κ1) is 13.7. The maximum absolute atomic E-state index is 10.8. The van der Waals surface area contributed by atoms with Crippen molar-refractivity contribution in [3.8, 4) is 0 Å². The summed E-state index contributed by atoms with van der Waals surface area (Å²) in [7, 11) is 0. The number of thiol groups is 1. The molecule has 0 amide bonds. The van der Waals surface area contributed by atoms with Crippen molar-refractivity contribution in [2.24, 2.45) is 0 Å². The third-order valence-electron chi connectivity index (χ3n) is 1.21. The van der Waals surface area contributed by atoms with E-state index in [1.54, 1.807) is 0 Å². The molecule has 0 unspecified atom stereocenters. The Kier molecular flexibility index (Phi) is 10.5. The van der Waals surface area contributed by atoms with Crippen LogP contribution in [0.1, 0.15) is 6.42 Å². The fourth-order valence-electron chi connectivity index (χ4n) is 0.628. The summed E-state index contributed by atoms with van der Waals surface area (Å²) in [6.07, 6.45) is 0.171. The minimum absolute atomic E-state index is 0.0367. The minimum atomic E-state index is -0.381. The summed E-state index contributed by atoms with van der Waals surface area (Å²) in [4.78, 5) is 10.8. The molecule has 1 N–H and O–H groups in total. The van der Waals surface area contributed by atoms with Gasteiger partial charge in [-0.3, -0.25) is 4.79 Å². The number of carbonyl (C=O) groups excluding carboxylic acids is 1. The second-order valence-electron chi connectivity index (χ2n) is 2.35. The molecule has 84 valence electrons. The van der Waals surface area contributed by atoms with Crippen LogP contribution in [0.4, 0.5) is 0 Å². The second-order valence-corrected chi connectivity index (χ2v) is 2.80. The zero-order valence-corrected chi connectivity index (χ0v) is 8.87. The monoisotopic (exact) mass is 224 g/mol. The summed E-state index contributed by atoms with van der Waals surface area (Å²) < 4.78 is 14.5. The van der Waals surface area contributed by atoms with Gasteiger partial charge in [0.05, 0.1) is 26.2 Å². The Morgan fingerprint density at radius 3 is 2.57 bits per heavy atom. The average Bonchev–Trinajstić information content (AvgIpc) is 2.20. The fraction of sp³-hybridized carbons (Fsp3) is 0.875. The van der Waals surface area contributed by atoms with Crippen molar-refractivity contribution < 1.29 is 24.1 Å². The number of aliphatic hydroxyl groups is 1. The van der Waals surface area contributed by atoms with Crippen molar-refractivity contribution in [2.45, 2.75) is 6.42 Å². The van der Waals surface area contributed by atoms with E-state index in [4.69, 9.17) is 14.6 Å². The van der Waals surface area contributed by atoms with Crippen LogP contribution in [-0.4, -0.2) is 50.0 Å². The number of ether oxygens (including phenoxy) is 3. The van der Waals surface area contributed by atoms with Gasteiger partial charge in [0.25, 0.3) is 0 Å². The van der Waals surface area contributed by atoms with Crippen LogP contribution in [-0.2, 0) is 19.0 Å². The van der Waals surface area contributed by atoms with Gasteiger partial charge in [-0.05, 0) is 0 Å². The molecular formula is C8H16O5S. The van der Waals surface area contributed by atoms with Gasteiger partial charge in [-0.15, -0.1) is 0 Å². The second kappa shape index (κ2) is 10.8. The lowest BCUT2D eigenvalue weighted by atomic mass is 10.5. The summed E-state index contributed by atoms with van der Waals surface area (Å²) in [6.45, 7) is 0.829. The lowest BCUT2D eigenvalue weighted by Gasteiger charge is -2.04. The van der Waals surface area contributed by atoms with Crippen LogP contribution in [0.25, 0.3) is 0 Å². The van der Waals surface area contributed by atoms with Crippen LogP contribution in [0.5, 0.6) is 0 Å². The lowest BCUT2D eigenvalue weighted by molar-refractivity contribution is -0.147. The molecule has 0 bridgehead atoms. The average molecular weight is 224 g/mol. The molecule has 0 spiro atoms. The van der Waals surface area contributed by atoms with Crippen molar-refractivity contribution in [3.05, 3.63) is 0 Å². The van der Waals surface area contributed by atoms with Gasteiger partial charge in [-0.25, -0.2) is 0 Å². The predicted molar refractivity (Wildman–Crippen MR) is 53.3 cm³/mol. The fourth-order valence-corrected chi connectivity index (χ4v) is 0.758. The van der Waals surface area contributed by atoms with Crippen molar-refractivity contribution in [1.82, 2.24) is 0 Å². The molecule has 0 aliphatic heterocycles. The van der Waals surface area contributed by atoms with Crippen molar-refractivity contribution in [1.29, 1.82) is 0 Å². The van der Waals surface area contributed by atoms with E-state index in [9.17, 15) is 4.79 Å². The van der Waals surface area contributed by atoms with E-state index in [0.29, 0.717) is 12.4 Å². The van der Waals surface area contributed by atoms with E-state index >= 15 is 0 Å². The van der Waals surface area contributed by atoms with Crippen LogP contribution in [0, 0.1) is 0 Å². The van der Waals surface area contributed by atoms with Gasteiger partial charge in [-0.1, -0.05) is 0 Å². The Labute approximate surface area is 88.7 Å². The standard InChI is InChI=1S/C8H16O5S/c9-2-4-13-8(10)1-3-11-7-12-5-6-14/h9,14H,1-7H2. The number of hydrogen-bond acceptors (Lipinski definition) is 6. The summed E-state index contributed by atoms with van der Waals surface area (Å²) in [6, 6.07) is 0. The third kappa shape index (κ3) is 9.79. The van der Waals surface area contributed by atoms with E-state index < -0.39 is 0 Å². The van der Waals surface area contributed by atoms with Crippen molar-refractivity contribution in [3.63, 3.8) is 0 Å². The molecule has 5 nitrogen and oxygen atoms in total. The molecule has 0 aliphatic rings. The Bertz CT molecular complexity index is 142. The number of carbonyl (C=O) groups is 1. The first-order chi connectivity index (χ1) is 6.81. The molecular weight excluding hydrogens is 208 g/mol. The third-order valence-corrected chi connectivity index (χ3v) is 1.39. The Balaban J connectivity index is 3.07. The highest BCUT2D eigenvalue weighted by Crippen LogP contribution is 1.89. The van der Waals surface area contributed by atoms with E-state index in [0.717, 1.165) is 0 Å². The predicted octanol–water partition coefficient (Wildman–Crippen LogP) is -0.167. The van der Waals surface area contributed by atoms with E-state index in [-0.39, 0.29) is 39.0 Å². The summed E-state index contributed by atoms with van der Waals surface area (Å²) in [5.74, 6) is 0.260. The summed E-state index contributed by atoms with van der Waals surface area (Å²) in [5, 5.41) is 8.35. The van der Waals surface area contributed by atoms with Gasteiger partial charge in [0.2, 0.25) is 0 Å². The molecule has 0 saturated heterocycles. The van der Waals surface area contributed by atoms with Gasteiger partial charge in [0.15, 0.2) is 0 Å². The number of esters is 1. The quantitative estimate of drug-likeness (QED) is 0.246. The largest absolute Gasteiger partial charge is 0.463 e. The molecule has 0 fully saturated rings. The number of hydrogen-bond donors (Lipinski definition) is 2. The van der Waals surface area contributed by atoms with Crippen LogP contribution in [0.2, 0.25) is 0 Å². The normalized spacial score (nSPS) is 10.1. The zero-order valence-electron chi connectivity index (χ0n) is 7.98. The van der Waals surface area contributed by atoms with E-state index in [1.165, 1.54) is 0 Å². The highest BCUT2D eigenvalue weighted by Gasteiger charge is 2.01. The minimum Gasteiger partial charge on any atom is -0.463 e. The van der Waals surface area contributed by atoms with Gasteiger partial charge >= 0.3 is 5.97 Å². The highest BCUT2D eigenvalue weighted by molar-refractivity contribution is 7.80. The molecule has 0 rings (SSSR count). The van der Waals surface area contributed by atoms with Crippen LogP contribution in [0.3, 0.4) is 0 Å². The maximum atomic E-state index is 10.8. The molecule has 0 aromatic rings. The Morgan fingerprint density at radius 1 is 1.21 bits per heavy atom. The number of aliphatic hydroxyl groups excluding tert-OH is 1. The van der Waals surface area contributed by atoms with Gasteiger partial charge in [0, 0.05) is 5.75 Å². The number of rotatable bonds is 9. The lowest BCUT2D eigenvalue weighted by Crippen LogP contribution is -2.12. The van der Waals surface area contributed by atoms with Gasteiger partial charge < -0.3 is 19.3 Å². The molecule has 0 radical (unpaired) electrons. The maximum Gasteiger partial charge on any atom is 0.308 e. The van der Waals surface area contributed by atoms with Crippen molar-refractivity contribution in [2.75, 3.05) is 39.0 Å². The molecule has 0 heterocycles. The Hall–Kier alpha value is -0.300. The van der Waals surface area contributed by atoms with Crippen molar-refractivity contribution >= 4 is 18.6 Å². The molecule has 0 aromatic carbocycles.